The Morgan fingerprint density at radius 1 is 0.905 bits per heavy atom. The second-order valence-electron chi connectivity index (χ2n) is 3.98. The van der Waals surface area contributed by atoms with Gasteiger partial charge < -0.3 is 26.2 Å². The summed E-state index contributed by atoms with van der Waals surface area (Å²) in [7, 11) is 0. The van der Waals surface area contributed by atoms with Crippen molar-refractivity contribution in [1.29, 1.82) is 0 Å². The number of carboxylic acids is 4. The van der Waals surface area contributed by atoms with Gasteiger partial charge in [0, 0.05) is 16.8 Å². The lowest BCUT2D eigenvalue weighted by molar-refractivity contribution is -0.151. The molecule has 1 aromatic rings. The van der Waals surface area contributed by atoms with Crippen LogP contribution in [-0.4, -0.2) is 44.3 Å². The summed E-state index contributed by atoms with van der Waals surface area (Å²) in [6.45, 7) is 0. The van der Waals surface area contributed by atoms with Gasteiger partial charge in [0.05, 0.1) is 0 Å². The monoisotopic (exact) mass is 296 g/mol. The zero-order chi connectivity index (χ0) is 16.3. The van der Waals surface area contributed by atoms with Crippen LogP contribution < -0.4 is 5.73 Å². The van der Waals surface area contributed by atoms with Crippen LogP contribution in [0.2, 0.25) is 0 Å². The molecule has 9 nitrogen and oxygen atoms in total. The lowest BCUT2D eigenvalue weighted by Crippen LogP contribution is -2.26. The minimum atomic E-state index is -2.08. The number of benzene rings is 1. The average molecular weight is 296 g/mol. The molecule has 0 saturated heterocycles. The van der Waals surface area contributed by atoms with Crippen molar-refractivity contribution in [2.45, 2.75) is 11.8 Å². The first-order chi connectivity index (χ1) is 9.68. The van der Waals surface area contributed by atoms with Crippen molar-refractivity contribution in [3.05, 3.63) is 29.3 Å². The number of aliphatic carboxylic acids is 4. The predicted octanol–water partition coefficient (Wildman–Crippen LogP) is -0.425. The quantitative estimate of drug-likeness (QED) is 0.344. The highest BCUT2D eigenvalue weighted by Gasteiger charge is 2.35. The van der Waals surface area contributed by atoms with Gasteiger partial charge >= 0.3 is 23.9 Å². The lowest BCUT2D eigenvalue weighted by Gasteiger charge is -2.16. The number of rotatable bonds is 6. The first-order valence-corrected chi connectivity index (χ1v) is 5.39. The molecule has 0 heterocycles. The maximum Gasteiger partial charge on any atom is 0.322 e. The Bertz CT molecular complexity index is 545. The highest BCUT2D eigenvalue weighted by atomic mass is 16.4. The van der Waals surface area contributed by atoms with Crippen molar-refractivity contribution < 1.29 is 39.6 Å². The second kappa shape index (κ2) is 5.90. The Hall–Kier alpha value is -3.10. The fraction of sp³-hybridized carbons (Fsp3) is 0.167. The van der Waals surface area contributed by atoms with Gasteiger partial charge in [0.2, 0.25) is 0 Å². The number of nitrogen functional groups attached to an aromatic ring is 1. The van der Waals surface area contributed by atoms with Gasteiger partial charge in [0.15, 0.2) is 11.8 Å². The van der Waals surface area contributed by atoms with Crippen molar-refractivity contribution in [2.75, 3.05) is 5.73 Å². The molecule has 0 unspecified atom stereocenters. The summed E-state index contributed by atoms with van der Waals surface area (Å²) in [6.07, 6.45) is 0. The summed E-state index contributed by atoms with van der Waals surface area (Å²) < 4.78 is 0. The Labute approximate surface area is 117 Å². The molecular formula is C12H10NO8. The molecular weight excluding hydrogens is 286 g/mol. The summed E-state index contributed by atoms with van der Waals surface area (Å²) in [6, 6.07) is 4.36. The van der Waals surface area contributed by atoms with Crippen LogP contribution in [0.15, 0.2) is 12.1 Å². The molecule has 0 aliphatic carbocycles. The van der Waals surface area contributed by atoms with E-state index in [-0.39, 0.29) is 0 Å². The van der Waals surface area contributed by atoms with E-state index in [1.807, 2.05) is 0 Å². The molecule has 0 bridgehead atoms. The van der Waals surface area contributed by atoms with Crippen LogP contribution in [0.25, 0.3) is 0 Å². The fourth-order valence-electron chi connectivity index (χ4n) is 1.76. The molecule has 0 aliphatic rings. The summed E-state index contributed by atoms with van der Waals surface area (Å²) in [5.41, 5.74) is 4.11. The number of carboxylic acid groups (broad SMARTS) is 4. The van der Waals surface area contributed by atoms with Gasteiger partial charge in [-0.05, 0) is 6.07 Å². The minimum absolute atomic E-state index is 0.406. The molecule has 0 spiro atoms. The molecule has 1 rings (SSSR count). The standard InChI is InChI=1S/C12H10NO8/c13-8-4(6(9(14)15)10(16)17)2-1-3-5(8)7(11(18)19)12(20)21/h1-2,6-7H,13H2,(H,14,15)(H,16,17)(H,18,19)(H,20,21). The normalized spacial score (nSPS) is 10.6. The van der Waals surface area contributed by atoms with Crippen LogP contribution in [0, 0.1) is 6.07 Å². The first kappa shape index (κ1) is 16.0. The maximum atomic E-state index is 11.0. The maximum absolute atomic E-state index is 11.0. The third kappa shape index (κ3) is 3.08. The van der Waals surface area contributed by atoms with Crippen molar-refractivity contribution in [3.63, 3.8) is 0 Å². The van der Waals surface area contributed by atoms with Crippen molar-refractivity contribution >= 4 is 29.6 Å². The lowest BCUT2D eigenvalue weighted by atomic mass is 9.90. The molecule has 1 radical (unpaired) electrons. The average Bonchev–Trinajstić information content (AvgIpc) is 2.32. The fourth-order valence-corrected chi connectivity index (χ4v) is 1.76. The van der Waals surface area contributed by atoms with Crippen LogP contribution in [0.3, 0.4) is 0 Å². The molecule has 6 N–H and O–H groups in total. The summed E-state index contributed by atoms with van der Waals surface area (Å²) in [4.78, 5) is 43.8. The molecule has 0 saturated carbocycles. The van der Waals surface area contributed by atoms with Gasteiger partial charge in [-0.25, -0.2) is 0 Å². The largest absolute Gasteiger partial charge is 0.480 e. The second-order valence-corrected chi connectivity index (χ2v) is 3.98. The molecule has 0 amide bonds. The smallest absolute Gasteiger partial charge is 0.322 e. The van der Waals surface area contributed by atoms with Crippen molar-refractivity contribution in [2.24, 2.45) is 0 Å². The topological polar surface area (TPSA) is 175 Å². The van der Waals surface area contributed by atoms with Crippen LogP contribution in [0.1, 0.15) is 23.0 Å². The Balaban J connectivity index is 3.51. The molecule has 0 fully saturated rings. The third-order valence-corrected chi connectivity index (χ3v) is 2.69. The van der Waals surface area contributed by atoms with Gasteiger partial charge in [0.1, 0.15) is 0 Å². The highest BCUT2D eigenvalue weighted by Crippen LogP contribution is 2.31. The Kier molecular flexibility index (Phi) is 4.49. The van der Waals surface area contributed by atoms with E-state index in [2.05, 4.69) is 6.07 Å². The van der Waals surface area contributed by atoms with Crippen LogP contribution in [0.4, 0.5) is 5.69 Å². The first-order valence-electron chi connectivity index (χ1n) is 5.39. The van der Waals surface area contributed by atoms with Crippen LogP contribution in [-0.2, 0) is 19.2 Å². The van der Waals surface area contributed by atoms with E-state index in [1.165, 1.54) is 0 Å². The molecule has 111 valence electrons. The van der Waals surface area contributed by atoms with Gasteiger partial charge in [-0.1, -0.05) is 12.1 Å². The summed E-state index contributed by atoms with van der Waals surface area (Å²) >= 11 is 0. The number of hydrogen-bond donors (Lipinski definition) is 5. The molecule has 9 heteroatoms. The molecule has 1 aromatic carbocycles. The van der Waals surface area contributed by atoms with Crippen LogP contribution in [0.5, 0.6) is 0 Å². The van der Waals surface area contributed by atoms with E-state index in [0.29, 0.717) is 0 Å². The number of carbonyl (C=O) groups is 4. The van der Waals surface area contributed by atoms with E-state index in [1.54, 1.807) is 0 Å². The van der Waals surface area contributed by atoms with E-state index >= 15 is 0 Å². The summed E-state index contributed by atoms with van der Waals surface area (Å²) in [5, 5.41) is 35.5. The number of nitrogens with two attached hydrogens (primary N) is 1. The van der Waals surface area contributed by atoms with Crippen molar-refractivity contribution in [1.82, 2.24) is 0 Å². The zero-order valence-electron chi connectivity index (χ0n) is 10.3. The van der Waals surface area contributed by atoms with E-state index in [9.17, 15) is 19.2 Å². The van der Waals surface area contributed by atoms with Crippen LogP contribution >= 0.6 is 0 Å². The summed E-state index contributed by atoms with van der Waals surface area (Å²) in [5.74, 6) is -11.0. The van der Waals surface area contributed by atoms with Crippen molar-refractivity contribution in [3.8, 4) is 0 Å². The molecule has 21 heavy (non-hydrogen) atoms. The van der Waals surface area contributed by atoms with Gasteiger partial charge in [-0.2, -0.15) is 0 Å². The Morgan fingerprint density at radius 3 is 1.71 bits per heavy atom. The number of hydrogen-bond acceptors (Lipinski definition) is 5. The van der Waals surface area contributed by atoms with E-state index in [4.69, 9.17) is 26.2 Å². The molecule has 0 atom stereocenters. The zero-order valence-corrected chi connectivity index (χ0v) is 10.3. The number of anilines is 1. The predicted molar refractivity (Wildman–Crippen MR) is 65.7 cm³/mol. The highest BCUT2D eigenvalue weighted by molar-refractivity contribution is 6.03. The SMILES string of the molecule is Nc1c(C(C(=O)O)C(=O)O)[c]ccc1C(C(=O)O)C(=O)O. The third-order valence-electron chi connectivity index (χ3n) is 2.69. The Morgan fingerprint density at radius 2 is 1.33 bits per heavy atom. The molecule has 0 aliphatic heterocycles. The minimum Gasteiger partial charge on any atom is -0.480 e. The van der Waals surface area contributed by atoms with Gasteiger partial charge in [0.25, 0.3) is 0 Å². The van der Waals surface area contributed by atoms with E-state index < -0.39 is 52.5 Å². The van der Waals surface area contributed by atoms with Gasteiger partial charge in [-0.3, -0.25) is 19.2 Å². The molecule has 0 aromatic heterocycles. The van der Waals surface area contributed by atoms with E-state index in [0.717, 1.165) is 12.1 Å². The van der Waals surface area contributed by atoms with Gasteiger partial charge in [-0.15, -0.1) is 0 Å².